The standard InChI is InChI=1S/C14H19BrO4/c1-5-10-9(6-8(2)14(16)17)7-11(15)13(19-4)12(10)18-3/h7-8H,5-6H2,1-4H3,(H,16,17). The van der Waals surface area contributed by atoms with Crippen molar-refractivity contribution in [2.24, 2.45) is 5.92 Å². The van der Waals surface area contributed by atoms with Gasteiger partial charge in [0.25, 0.3) is 0 Å². The van der Waals surface area contributed by atoms with Crippen molar-refractivity contribution in [3.63, 3.8) is 0 Å². The van der Waals surface area contributed by atoms with Gasteiger partial charge in [-0.1, -0.05) is 13.8 Å². The molecule has 1 atom stereocenters. The van der Waals surface area contributed by atoms with Crippen LogP contribution in [0.25, 0.3) is 0 Å². The van der Waals surface area contributed by atoms with Crippen LogP contribution in [-0.4, -0.2) is 25.3 Å². The molecular weight excluding hydrogens is 312 g/mol. The maximum atomic E-state index is 11.0. The van der Waals surface area contributed by atoms with Crippen molar-refractivity contribution in [1.82, 2.24) is 0 Å². The predicted octanol–water partition coefficient (Wildman–Crippen LogP) is 3.29. The Morgan fingerprint density at radius 2 is 1.95 bits per heavy atom. The smallest absolute Gasteiger partial charge is 0.306 e. The molecule has 0 heterocycles. The van der Waals surface area contributed by atoms with E-state index >= 15 is 0 Å². The van der Waals surface area contributed by atoms with Gasteiger partial charge >= 0.3 is 5.97 Å². The van der Waals surface area contributed by atoms with Crippen LogP contribution in [0.1, 0.15) is 25.0 Å². The highest BCUT2D eigenvalue weighted by atomic mass is 79.9. The molecule has 0 aliphatic heterocycles. The van der Waals surface area contributed by atoms with Gasteiger partial charge in [0.05, 0.1) is 24.6 Å². The molecule has 5 heteroatoms. The topological polar surface area (TPSA) is 55.8 Å². The molecule has 0 spiro atoms. The third kappa shape index (κ3) is 3.41. The lowest BCUT2D eigenvalue weighted by atomic mass is 9.94. The number of rotatable bonds is 6. The largest absolute Gasteiger partial charge is 0.493 e. The van der Waals surface area contributed by atoms with E-state index in [-0.39, 0.29) is 0 Å². The van der Waals surface area contributed by atoms with Gasteiger partial charge in [-0.25, -0.2) is 0 Å². The van der Waals surface area contributed by atoms with Crippen LogP contribution in [-0.2, 0) is 17.6 Å². The number of halogens is 1. The Bertz CT molecular complexity index is 471. The van der Waals surface area contributed by atoms with Gasteiger partial charge < -0.3 is 14.6 Å². The number of carboxylic acids is 1. The van der Waals surface area contributed by atoms with Gasteiger partial charge in [0, 0.05) is 5.56 Å². The number of carboxylic acid groups (broad SMARTS) is 1. The van der Waals surface area contributed by atoms with Crippen LogP contribution in [0.3, 0.4) is 0 Å². The number of methoxy groups -OCH3 is 2. The molecule has 0 bridgehead atoms. The van der Waals surface area contributed by atoms with Crippen molar-refractivity contribution >= 4 is 21.9 Å². The Morgan fingerprint density at radius 3 is 2.37 bits per heavy atom. The fourth-order valence-electron chi connectivity index (χ4n) is 2.09. The summed E-state index contributed by atoms with van der Waals surface area (Å²) in [5.41, 5.74) is 1.97. The fourth-order valence-corrected chi connectivity index (χ4v) is 2.71. The lowest BCUT2D eigenvalue weighted by molar-refractivity contribution is -0.141. The molecule has 106 valence electrons. The van der Waals surface area contributed by atoms with E-state index in [1.54, 1.807) is 21.1 Å². The molecule has 1 N–H and O–H groups in total. The highest BCUT2D eigenvalue weighted by Crippen LogP contribution is 2.41. The van der Waals surface area contributed by atoms with Crippen LogP contribution in [0, 0.1) is 5.92 Å². The number of aliphatic carboxylic acids is 1. The van der Waals surface area contributed by atoms with Gasteiger partial charge in [0.2, 0.25) is 0 Å². The molecule has 0 radical (unpaired) electrons. The van der Waals surface area contributed by atoms with Crippen LogP contribution in [0.4, 0.5) is 0 Å². The highest BCUT2D eigenvalue weighted by molar-refractivity contribution is 9.10. The molecule has 0 aromatic heterocycles. The minimum absolute atomic E-state index is 0.435. The molecule has 0 aliphatic carbocycles. The highest BCUT2D eigenvalue weighted by Gasteiger charge is 2.20. The predicted molar refractivity (Wildman–Crippen MR) is 77.1 cm³/mol. The van der Waals surface area contributed by atoms with Gasteiger partial charge in [-0.15, -0.1) is 0 Å². The van der Waals surface area contributed by atoms with Crippen molar-refractivity contribution in [2.45, 2.75) is 26.7 Å². The summed E-state index contributed by atoms with van der Waals surface area (Å²) in [5.74, 6) is 0.0845. The van der Waals surface area contributed by atoms with E-state index in [4.69, 9.17) is 14.6 Å². The Kier molecular flexibility index (Phi) is 5.66. The zero-order valence-electron chi connectivity index (χ0n) is 11.6. The molecule has 0 fully saturated rings. The first kappa shape index (κ1) is 15.8. The first-order valence-corrected chi connectivity index (χ1v) is 6.90. The molecule has 4 nitrogen and oxygen atoms in total. The summed E-state index contributed by atoms with van der Waals surface area (Å²) in [6, 6.07) is 1.92. The van der Waals surface area contributed by atoms with Gasteiger partial charge in [-0.2, -0.15) is 0 Å². The Morgan fingerprint density at radius 1 is 1.37 bits per heavy atom. The van der Waals surface area contributed by atoms with Crippen molar-refractivity contribution in [3.05, 3.63) is 21.7 Å². The maximum absolute atomic E-state index is 11.0. The van der Waals surface area contributed by atoms with Crippen molar-refractivity contribution in [3.8, 4) is 11.5 Å². The van der Waals surface area contributed by atoms with E-state index in [9.17, 15) is 4.79 Å². The average molecular weight is 331 g/mol. The summed E-state index contributed by atoms with van der Waals surface area (Å²) in [6.45, 7) is 3.71. The minimum atomic E-state index is -0.798. The van der Waals surface area contributed by atoms with Crippen LogP contribution < -0.4 is 9.47 Å². The summed E-state index contributed by atoms with van der Waals surface area (Å²) < 4.78 is 11.5. The summed E-state index contributed by atoms with van der Waals surface area (Å²) in [4.78, 5) is 11.0. The van der Waals surface area contributed by atoms with Crippen LogP contribution in [0.5, 0.6) is 11.5 Å². The second kappa shape index (κ2) is 6.80. The van der Waals surface area contributed by atoms with E-state index in [1.807, 2.05) is 13.0 Å². The third-order valence-corrected chi connectivity index (χ3v) is 3.68. The van der Waals surface area contributed by atoms with Crippen LogP contribution in [0.2, 0.25) is 0 Å². The Labute approximate surface area is 121 Å². The van der Waals surface area contributed by atoms with Gasteiger partial charge in [-0.05, 0) is 40.4 Å². The fraction of sp³-hybridized carbons (Fsp3) is 0.500. The number of hydrogen-bond donors (Lipinski definition) is 1. The minimum Gasteiger partial charge on any atom is -0.493 e. The average Bonchev–Trinajstić information content (AvgIpc) is 2.37. The summed E-state index contributed by atoms with van der Waals surface area (Å²) in [5, 5.41) is 9.04. The molecule has 0 saturated heterocycles. The van der Waals surface area contributed by atoms with E-state index in [0.717, 1.165) is 22.0 Å². The van der Waals surface area contributed by atoms with E-state index in [2.05, 4.69) is 15.9 Å². The molecule has 1 aromatic carbocycles. The van der Waals surface area contributed by atoms with Crippen LogP contribution >= 0.6 is 15.9 Å². The lowest BCUT2D eigenvalue weighted by Gasteiger charge is -2.18. The van der Waals surface area contributed by atoms with Crippen molar-refractivity contribution < 1.29 is 19.4 Å². The molecule has 1 unspecified atom stereocenters. The first-order valence-electron chi connectivity index (χ1n) is 6.11. The third-order valence-electron chi connectivity index (χ3n) is 3.10. The van der Waals surface area contributed by atoms with Gasteiger partial charge in [0.15, 0.2) is 11.5 Å². The molecule has 1 rings (SSSR count). The van der Waals surface area contributed by atoms with E-state index in [1.165, 1.54) is 0 Å². The van der Waals surface area contributed by atoms with Gasteiger partial charge in [0.1, 0.15) is 0 Å². The molecule has 19 heavy (non-hydrogen) atoms. The number of carbonyl (C=O) groups is 1. The molecule has 1 aromatic rings. The SMILES string of the molecule is CCc1c(CC(C)C(=O)O)cc(Br)c(OC)c1OC. The normalized spacial score (nSPS) is 12.1. The lowest BCUT2D eigenvalue weighted by Crippen LogP contribution is -2.14. The first-order chi connectivity index (χ1) is 8.96. The maximum Gasteiger partial charge on any atom is 0.306 e. The Balaban J connectivity index is 3.32. The van der Waals surface area contributed by atoms with E-state index in [0.29, 0.717) is 17.9 Å². The molecule has 0 amide bonds. The summed E-state index contributed by atoms with van der Waals surface area (Å²) in [7, 11) is 3.18. The monoisotopic (exact) mass is 330 g/mol. The molecule has 0 aliphatic rings. The summed E-state index contributed by atoms with van der Waals surface area (Å²) in [6.07, 6.45) is 1.23. The van der Waals surface area contributed by atoms with Crippen LogP contribution in [0.15, 0.2) is 10.5 Å². The second-order valence-corrected chi connectivity index (χ2v) is 5.21. The van der Waals surface area contributed by atoms with Crippen molar-refractivity contribution in [2.75, 3.05) is 14.2 Å². The zero-order valence-corrected chi connectivity index (χ0v) is 13.2. The zero-order chi connectivity index (χ0) is 14.6. The molecular formula is C14H19BrO4. The van der Waals surface area contributed by atoms with Gasteiger partial charge in [-0.3, -0.25) is 4.79 Å². The number of ether oxygens (including phenoxy) is 2. The van der Waals surface area contributed by atoms with Crippen molar-refractivity contribution in [1.29, 1.82) is 0 Å². The number of hydrogen-bond acceptors (Lipinski definition) is 3. The van der Waals surface area contributed by atoms with E-state index < -0.39 is 11.9 Å². The summed E-state index contributed by atoms with van der Waals surface area (Å²) >= 11 is 3.44. The second-order valence-electron chi connectivity index (χ2n) is 4.36. The number of benzene rings is 1. The molecule has 0 saturated carbocycles. The quantitative estimate of drug-likeness (QED) is 0.869. The Hall–Kier alpha value is -1.23.